The molecule has 1 aliphatic carbocycles. The molecule has 0 aromatic heterocycles. The molecule has 0 atom stereocenters. The minimum Gasteiger partial charge on any atom is -0.399 e. The van der Waals surface area contributed by atoms with Gasteiger partial charge in [-0.3, -0.25) is 0 Å². The Morgan fingerprint density at radius 2 is 2.25 bits per heavy atom. The smallest absolute Gasteiger partial charge is 0.0601 e. The number of anilines is 1. The van der Waals surface area contributed by atoms with Gasteiger partial charge in [0.2, 0.25) is 0 Å². The molecule has 0 spiro atoms. The highest BCUT2D eigenvalue weighted by Gasteiger charge is 2.28. The molecule has 4 heteroatoms. The molecular formula is C12H17BrN2O. The van der Waals surface area contributed by atoms with Crippen molar-refractivity contribution in [2.75, 3.05) is 12.8 Å². The van der Waals surface area contributed by atoms with Gasteiger partial charge in [0.25, 0.3) is 0 Å². The molecule has 0 amide bonds. The van der Waals surface area contributed by atoms with E-state index in [1.54, 1.807) is 7.11 Å². The summed E-state index contributed by atoms with van der Waals surface area (Å²) in [4.78, 5) is 0. The predicted octanol–water partition coefficient (Wildman–Crippen LogP) is 2.30. The average Bonchev–Trinajstić information content (AvgIpc) is 2.21. The van der Waals surface area contributed by atoms with E-state index in [9.17, 15) is 0 Å². The fraction of sp³-hybridized carbons (Fsp3) is 0.500. The lowest BCUT2D eigenvalue weighted by atomic mass is 9.89. The Morgan fingerprint density at radius 1 is 1.50 bits per heavy atom. The molecular weight excluding hydrogens is 268 g/mol. The number of rotatable bonds is 4. The van der Waals surface area contributed by atoms with Crippen molar-refractivity contribution in [2.24, 2.45) is 0 Å². The topological polar surface area (TPSA) is 47.3 Å². The van der Waals surface area contributed by atoms with Crippen molar-refractivity contribution in [1.82, 2.24) is 5.32 Å². The summed E-state index contributed by atoms with van der Waals surface area (Å²) in [5.74, 6) is 0. The molecule has 0 unspecified atom stereocenters. The van der Waals surface area contributed by atoms with Gasteiger partial charge in [-0.25, -0.2) is 0 Å². The second-order valence-corrected chi connectivity index (χ2v) is 5.11. The van der Waals surface area contributed by atoms with Crippen LogP contribution in [0.15, 0.2) is 22.7 Å². The maximum atomic E-state index is 5.76. The fourth-order valence-electron chi connectivity index (χ4n) is 1.91. The van der Waals surface area contributed by atoms with Crippen molar-refractivity contribution in [3.63, 3.8) is 0 Å². The molecule has 2 rings (SSSR count). The largest absolute Gasteiger partial charge is 0.399 e. The highest BCUT2D eigenvalue weighted by Crippen LogP contribution is 2.24. The van der Waals surface area contributed by atoms with Gasteiger partial charge in [-0.2, -0.15) is 0 Å². The van der Waals surface area contributed by atoms with Crippen LogP contribution in [-0.4, -0.2) is 19.3 Å². The van der Waals surface area contributed by atoms with E-state index >= 15 is 0 Å². The molecule has 1 fully saturated rings. The molecule has 0 radical (unpaired) electrons. The van der Waals surface area contributed by atoms with Crippen LogP contribution in [0.25, 0.3) is 0 Å². The zero-order valence-electron chi connectivity index (χ0n) is 9.37. The average molecular weight is 285 g/mol. The summed E-state index contributed by atoms with van der Waals surface area (Å²) < 4.78 is 6.35. The van der Waals surface area contributed by atoms with Gasteiger partial charge < -0.3 is 15.8 Å². The second kappa shape index (κ2) is 5.17. The normalized spacial score (nSPS) is 24.1. The molecule has 0 aliphatic heterocycles. The molecule has 0 saturated heterocycles. The van der Waals surface area contributed by atoms with Gasteiger partial charge in [0.05, 0.1) is 6.10 Å². The highest BCUT2D eigenvalue weighted by atomic mass is 79.9. The summed E-state index contributed by atoms with van der Waals surface area (Å²) >= 11 is 3.53. The van der Waals surface area contributed by atoms with Gasteiger partial charge in [0.1, 0.15) is 0 Å². The minimum atomic E-state index is 0.446. The van der Waals surface area contributed by atoms with E-state index < -0.39 is 0 Å². The number of nitrogens with one attached hydrogen (secondary N) is 1. The summed E-state index contributed by atoms with van der Waals surface area (Å²) in [6, 6.07) is 6.48. The van der Waals surface area contributed by atoms with Gasteiger partial charge in [0.15, 0.2) is 0 Å². The van der Waals surface area contributed by atoms with Crippen molar-refractivity contribution in [1.29, 1.82) is 0 Å². The minimum absolute atomic E-state index is 0.446. The van der Waals surface area contributed by atoms with Crippen LogP contribution in [0.1, 0.15) is 18.4 Å². The maximum absolute atomic E-state index is 5.76. The third-order valence-electron chi connectivity index (χ3n) is 3.08. The van der Waals surface area contributed by atoms with E-state index in [0.29, 0.717) is 12.1 Å². The molecule has 0 heterocycles. The standard InChI is InChI=1S/C12H17BrN2O/c1-16-11-5-10(6-11)15-7-8-4-9(14)2-3-12(8)13/h2-4,10-11,15H,5-7,14H2,1H3. The van der Waals surface area contributed by atoms with Gasteiger partial charge in [-0.1, -0.05) is 15.9 Å². The van der Waals surface area contributed by atoms with Crippen molar-refractivity contribution in [3.8, 4) is 0 Å². The van der Waals surface area contributed by atoms with E-state index in [0.717, 1.165) is 29.5 Å². The molecule has 1 saturated carbocycles. The number of nitrogens with two attached hydrogens (primary N) is 1. The summed E-state index contributed by atoms with van der Waals surface area (Å²) in [5.41, 5.74) is 7.77. The van der Waals surface area contributed by atoms with Crippen molar-refractivity contribution in [3.05, 3.63) is 28.2 Å². The van der Waals surface area contributed by atoms with Crippen LogP contribution in [0.2, 0.25) is 0 Å². The van der Waals surface area contributed by atoms with Crippen LogP contribution in [-0.2, 0) is 11.3 Å². The van der Waals surface area contributed by atoms with Crippen LogP contribution in [0.3, 0.4) is 0 Å². The molecule has 1 aromatic carbocycles. The van der Waals surface area contributed by atoms with Gasteiger partial charge in [0, 0.05) is 29.9 Å². The van der Waals surface area contributed by atoms with Crippen LogP contribution < -0.4 is 11.1 Å². The number of hydrogen-bond acceptors (Lipinski definition) is 3. The summed E-state index contributed by atoms with van der Waals surface area (Å²) in [6.07, 6.45) is 2.66. The Balaban J connectivity index is 1.83. The first-order chi connectivity index (χ1) is 7.69. The lowest BCUT2D eigenvalue weighted by molar-refractivity contribution is 0.0170. The number of methoxy groups -OCH3 is 1. The van der Waals surface area contributed by atoms with E-state index in [1.165, 1.54) is 5.56 Å². The van der Waals surface area contributed by atoms with Crippen molar-refractivity contribution >= 4 is 21.6 Å². The zero-order valence-corrected chi connectivity index (χ0v) is 11.0. The van der Waals surface area contributed by atoms with E-state index in [4.69, 9.17) is 10.5 Å². The third-order valence-corrected chi connectivity index (χ3v) is 3.85. The summed E-state index contributed by atoms with van der Waals surface area (Å²) in [5, 5.41) is 3.50. The zero-order chi connectivity index (χ0) is 11.5. The lowest BCUT2D eigenvalue weighted by Gasteiger charge is -2.34. The highest BCUT2D eigenvalue weighted by molar-refractivity contribution is 9.10. The maximum Gasteiger partial charge on any atom is 0.0601 e. The third kappa shape index (κ3) is 2.75. The SMILES string of the molecule is COC1CC(NCc2cc(N)ccc2Br)C1. The molecule has 1 aromatic rings. The number of hydrogen-bond donors (Lipinski definition) is 2. The van der Waals surface area contributed by atoms with Gasteiger partial charge in [-0.05, 0) is 36.6 Å². The Kier molecular flexibility index (Phi) is 3.84. The number of nitrogen functional groups attached to an aromatic ring is 1. The Labute approximate surface area is 104 Å². The first-order valence-corrected chi connectivity index (χ1v) is 6.28. The summed E-state index contributed by atoms with van der Waals surface area (Å²) in [7, 11) is 1.77. The monoisotopic (exact) mass is 284 g/mol. The number of halogens is 1. The molecule has 3 nitrogen and oxygen atoms in total. The van der Waals surface area contributed by atoms with Gasteiger partial charge >= 0.3 is 0 Å². The van der Waals surface area contributed by atoms with Crippen LogP contribution in [0, 0.1) is 0 Å². The second-order valence-electron chi connectivity index (χ2n) is 4.26. The fourth-order valence-corrected chi connectivity index (χ4v) is 2.30. The quantitative estimate of drug-likeness (QED) is 0.834. The van der Waals surface area contributed by atoms with E-state index in [-0.39, 0.29) is 0 Å². The van der Waals surface area contributed by atoms with Gasteiger partial charge in [-0.15, -0.1) is 0 Å². The molecule has 88 valence electrons. The summed E-state index contributed by atoms with van der Waals surface area (Å²) in [6.45, 7) is 0.854. The van der Waals surface area contributed by atoms with Crippen molar-refractivity contribution < 1.29 is 4.74 Å². The molecule has 3 N–H and O–H groups in total. The van der Waals surface area contributed by atoms with E-state index in [1.807, 2.05) is 18.2 Å². The predicted molar refractivity (Wildman–Crippen MR) is 69.2 cm³/mol. The molecule has 0 bridgehead atoms. The Bertz CT molecular complexity index is 364. The molecule has 16 heavy (non-hydrogen) atoms. The first kappa shape index (κ1) is 11.9. The lowest BCUT2D eigenvalue weighted by Crippen LogP contribution is -2.44. The first-order valence-electron chi connectivity index (χ1n) is 5.49. The van der Waals surface area contributed by atoms with Crippen LogP contribution in [0.5, 0.6) is 0 Å². The number of ether oxygens (including phenoxy) is 1. The Morgan fingerprint density at radius 3 is 2.94 bits per heavy atom. The molecule has 1 aliphatic rings. The Hall–Kier alpha value is -0.580. The van der Waals surface area contributed by atoms with Crippen LogP contribution >= 0.6 is 15.9 Å². The van der Waals surface area contributed by atoms with Crippen molar-refractivity contribution in [2.45, 2.75) is 31.5 Å². The number of benzene rings is 1. The van der Waals surface area contributed by atoms with E-state index in [2.05, 4.69) is 21.2 Å². The van der Waals surface area contributed by atoms with Crippen LogP contribution in [0.4, 0.5) is 5.69 Å².